The molecule has 0 radical (unpaired) electrons. The Kier molecular flexibility index (Phi) is 5.17. The standard InChI is InChI=1S/C38H24N2/c1-2-10-25(11-3-1)26-18-20-27(21-19-26)37-38(40-36-17-9-8-16-35(36)39-37)28-22-23-33-31-14-5-4-12-29(31)30-13-6-7-15-32(30)34(33)24-28/h1-24H. The van der Waals surface area contributed by atoms with Crippen molar-refractivity contribution >= 4 is 43.4 Å². The molecule has 0 unspecified atom stereocenters. The van der Waals surface area contributed by atoms with Crippen molar-refractivity contribution in [3.8, 4) is 33.6 Å². The normalized spacial score (nSPS) is 11.5. The van der Waals surface area contributed by atoms with Gasteiger partial charge in [0, 0.05) is 11.1 Å². The van der Waals surface area contributed by atoms with E-state index < -0.39 is 0 Å². The van der Waals surface area contributed by atoms with Crippen molar-refractivity contribution in [2.75, 3.05) is 0 Å². The lowest BCUT2D eigenvalue weighted by atomic mass is 9.92. The predicted molar refractivity (Wildman–Crippen MR) is 168 cm³/mol. The molecule has 8 aromatic rings. The molecule has 0 bridgehead atoms. The zero-order valence-electron chi connectivity index (χ0n) is 21.8. The van der Waals surface area contributed by atoms with Crippen molar-refractivity contribution in [3.05, 3.63) is 146 Å². The summed E-state index contributed by atoms with van der Waals surface area (Å²) in [5, 5.41) is 7.55. The van der Waals surface area contributed by atoms with E-state index in [1.165, 1.54) is 43.4 Å². The van der Waals surface area contributed by atoms with Crippen molar-refractivity contribution < 1.29 is 0 Å². The van der Waals surface area contributed by atoms with Crippen LogP contribution in [-0.4, -0.2) is 9.97 Å². The Morgan fingerprint density at radius 3 is 1.27 bits per heavy atom. The lowest BCUT2D eigenvalue weighted by Crippen LogP contribution is -1.96. The number of fused-ring (bicyclic) bond motifs is 7. The van der Waals surface area contributed by atoms with Crippen molar-refractivity contribution in [3.63, 3.8) is 0 Å². The molecule has 0 spiro atoms. The first-order valence-electron chi connectivity index (χ1n) is 13.6. The van der Waals surface area contributed by atoms with E-state index in [-0.39, 0.29) is 0 Å². The summed E-state index contributed by atoms with van der Waals surface area (Å²) in [6, 6.07) is 51.4. The maximum Gasteiger partial charge on any atom is 0.0973 e. The van der Waals surface area contributed by atoms with E-state index in [4.69, 9.17) is 9.97 Å². The third-order valence-corrected chi connectivity index (χ3v) is 7.85. The van der Waals surface area contributed by atoms with Gasteiger partial charge in [-0.05, 0) is 61.6 Å². The van der Waals surface area contributed by atoms with Crippen LogP contribution in [0.25, 0.3) is 77.0 Å². The zero-order chi connectivity index (χ0) is 26.5. The number of hydrogen-bond acceptors (Lipinski definition) is 2. The molecule has 0 aliphatic heterocycles. The number of benzene rings is 7. The fourth-order valence-corrected chi connectivity index (χ4v) is 5.91. The minimum Gasteiger partial charge on any atom is -0.244 e. The molecule has 0 amide bonds. The smallest absolute Gasteiger partial charge is 0.0973 e. The molecule has 8 rings (SSSR count). The molecule has 0 atom stereocenters. The molecule has 0 N–H and O–H groups in total. The third kappa shape index (κ3) is 3.65. The largest absolute Gasteiger partial charge is 0.244 e. The van der Waals surface area contributed by atoms with Gasteiger partial charge in [-0.15, -0.1) is 0 Å². The summed E-state index contributed by atoms with van der Waals surface area (Å²) >= 11 is 0. The highest BCUT2D eigenvalue weighted by Gasteiger charge is 2.16. The van der Waals surface area contributed by atoms with E-state index in [0.29, 0.717) is 0 Å². The summed E-state index contributed by atoms with van der Waals surface area (Å²) in [5.41, 5.74) is 8.07. The molecule has 186 valence electrons. The van der Waals surface area contributed by atoms with Gasteiger partial charge in [-0.3, -0.25) is 0 Å². The molecule has 0 fully saturated rings. The molecule has 40 heavy (non-hydrogen) atoms. The minimum absolute atomic E-state index is 0.891. The molecule has 1 aromatic heterocycles. The molecule has 0 aliphatic carbocycles. The van der Waals surface area contributed by atoms with Gasteiger partial charge in [0.2, 0.25) is 0 Å². The van der Waals surface area contributed by atoms with Gasteiger partial charge >= 0.3 is 0 Å². The van der Waals surface area contributed by atoms with E-state index in [1.54, 1.807) is 0 Å². The summed E-state index contributed by atoms with van der Waals surface area (Å²) in [7, 11) is 0. The van der Waals surface area contributed by atoms with Crippen molar-refractivity contribution in [2.24, 2.45) is 0 Å². The number of aromatic nitrogens is 2. The van der Waals surface area contributed by atoms with Gasteiger partial charge < -0.3 is 0 Å². The number of para-hydroxylation sites is 2. The first kappa shape index (κ1) is 22.6. The summed E-state index contributed by atoms with van der Waals surface area (Å²) in [6.45, 7) is 0. The van der Waals surface area contributed by atoms with Crippen LogP contribution >= 0.6 is 0 Å². The second kappa shape index (κ2) is 9.14. The van der Waals surface area contributed by atoms with Gasteiger partial charge in [0.25, 0.3) is 0 Å². The fourth-order valence-electron chi connectivity index (χ4n) is 5.91. The van der Waals surface area contributed by atoms with E-state index in [2.05, 4.69) is 115 Å². The van der Waals surface area contributed by atoms with Gasteiger partial charge in [-0.2, -0.15) is 0 Å². The molecule has 0 saturated carbocycles. The van der Waals surface area contributed by atoms with Crippen LogP contribution in [0.4, 0.5) is 0 Å². The van der Waals surface area contributed by atoms with E-state index in [1.807, 2.05) is 30.3 Å². The van der Waals surface area contributed by atoms with Gasteiger partial charge in [0.15, 0.2) is 0 Å². The Labute approximate surface area is 232 Å². The lowest BCUT2D eigenvalue weighted by Gasteiger charge is -2.14. The van der Waals surface area contributed by atoms with E-state index >= 15 is 0 Å². The van der Waals surface area contributed by atoms with Crippen molar-refractivity contribution in [1.82, 2.24) is 9.97 Å². The van der Waals surface area contributed by atoms with Crippen molar-refractivity contribution in [2.45, 2.75) is 0 Å². The van der Waals surface area contributed by atoms with Crippen LogP contribution in [0, 0.1) is 0 Å². The Morgan fingerprint density at radius 2 is 0.675 bits per heavy atom. The average Bonchev–Trinajstić information content (AvgIpc) is 3.04. The Bertz CT molecular complexity index is 2160. The van der Waals surface area contributed by atoms with Crippen LogP contribution < -0.4 is 0 Å². The van der Waals surface area contributed by atoms with Crippen LogP contribution in [0.15, 0.2) is 146 Å². The molecule has 1 heterocycles. The molecule has 0 aliphatic rings. The maximum atomic E-state index is 5.19. The molecule has 2 heteroatoms. The van der Waals surface area contributed by atoms with Crippen LogP contribution in [-0.2, 0) is 0 Å². The summed E-state index contributed by atoms with van der Waals surface area (Å²) in [4.78, 5) is 10.3. The second-order valence-electron chi connectivity index (χ2n) is 10.2. The second-order valence-corrected chi connectivity index (χ2v) is 10.2. The predicted octanol–water partition coefficient (Wildman–Crippen LogP) is 10.1. The van der Waals surface area contributed by atoms with Gasteiger partial charge in [-0.25, -0.2) is 9.97 Å². The lowest BCUT2D eigenvalue weighted by molar-refractivity contribution is 1.29. The van der Waals surface area contributed by atoms with Crippen LogP contribution in [0.5, 0.6) is 0 Å². The third-order valence-electron chi connectivity index (χ3n) is 7.85. The van der Waals surface area contributed by atoms with Crippen LogP contribution in [0.2, 0.25) is 0 Å². The highest BCUT2D eigenvalue weighted by molar-refractivity contribution is 6.25. The van der Waals surface area contributed by atoms with Gasteiger partial charge in [0.05, 0.1) is 22.4 Å². The van der Waals surface area contributed by atoms with Crippen LogP contribution in [0.1, 0.15) is 0 Å². The van der Waals surface area contributed by atoms with E-state index in [0.717, 1.165) is 33.5 Å². The Balaban J connectivity index is 1.37. The zero-order valence-corrected chi connectivity index (χ0v) is 21.8. The number of nitrogens with zero attached hydrogens (tertiary/aromatic N) is 2. The maximum absolute atomic E-state index is 5.19. The first-order chi connectivity index (χ1) is 19.8. The summed E-state index contributed by atoms with van der Waals surface area (Å²) in [6.07, 6.45) is 0. The highest BCUT2D eigenvalue weighted by Crippen LogP contribution is 2.39. The first-order valence-corrected chi connectivity index (χ1v) is 13.6. The summed E-state index contributed by atoms with van der Waals surface area (Å²) in [5.74, 6) is 0. The quantitative estimate of drug-likeness (QED) is 0.222. The SMILES string of the molecule is c1ccc(-c2ccc(-c3nc4ccccc4nc3-c3ccc4c5ccccc5c5ccccc5c4c3)cc2)cc1. The van der Waals surface area contributed by atoms with Gasteiger partial charge in [0.1, 0.15) is 0 Å². The monoisotopic (exact) mass is 508 g/mol. The molecule has 0 saturated heterocycles. The average molecular weight is 509 g/mol. The highest BCUT2D eigenvalue weighted by atomic mass is 14.8. The number of rotatable bonds is 3. The topological polar surface area (TPSA) is 25.8 Å². The summed E-state index contributed by atoms with van der Waals surface area (Å²) < 4.78 is 0. The minimum atomic E-state index is 0.891. The molecular weight excluding hydrogens is 484 g/mol. The van der Waals surface area contributed by atoms with Crippen molar-refractivity contribution in [1.29, 1.82) is 0 Å². The van der Waals surface area contributed by atoms with Gasteiger partial charge in [-0.1, -0.05) is 127 Å². The molecule has 7 aromatic carbocycles. The molecule has 2 nitrogen and oxygen atoms in total. The fraction of sp³-hybridized carbons (Fsp3) is 0. The Hall–Kier alpha value is -5.34. The Morgan fingerprint density at radius 1 is 0.275 bits per heavy atom. The molecular formula is C38H24N2. The van der Waals surface area contributed by atoms with E-state index in [9.17, 15) is 0 Å². The number of hydrogen-bond donors (Lipinski definition) is 0. The van der Waals surface area contributed by atoms with Crippen LogP contribution in [0.3, 0.4) is 0 Å².